The number of nitrogens with zero attached hydrogens (tertiary/aromatic N) is 2. The Labute approximate surface area is 160 Å². The summed E-state index contributed by atoms with van der Waals surface area (Å²) < 4.78 is 32.8. The highest BCUT2D eigenvalue weighted by Gasteiger charge is 2.43. The minimum absolute atomic E-state index is 0.0915. The highest BCUT2D eigenvalue weighted by Crippen LogP contribution is 2.33. The molecule has 1 N–H and O–H groups in total. The van der Waals surface area contributed by atoms with Crippen molar-refractivity contribution in [3.8, 4) is 5.75 Å². The van der Waals surface area contributed by atoms with Crippen LogP contribution >= 0.6 is 0 Å². The first-order valence-electron chi connectivity index (χ1n) is 9.64. The molecule has 0 bridgehead atoms. The van der Waals surface area contributed by atoms with Gasteiger partial charge in [-0.05, 0) is 36.5 Å². The van der Waals surface area contributed by atoms with Gasteiger partial charge >= 0.3 is 0 Å². The molecule has 1 atom stereocenters. The number of carbonyl (C=O) groups excluding carboxylic acids is 1. The minimum atomic E-state index is -3.21. The number of rotatable bonds is 3. The van der Waals surface area contributed by atoms with E-state index in [0.29, 0.717) is 43.6 Å². The predicted molar refractivity (Wildman–Crippen MR) is 104 cm³/mol. The third kappa shape index (κ3) is 3.83. The lowest BCUT2D eigenvalue weighted by Gasteiger charge is -2.39. The van der Waals surface area contributed by atoms with Crippen molar-refractivity contribution in [2.75, 3.05) is 38.1 Å². The zero-order valence-electron chi connectivity index (χ0n) is 15.8. The van der Waals surface area contributed by atoms with E-state index in [1.165, 1.54) is 0 Å². The molecule has 3 aliphatic rings. The van der Waals surface area contributed by atoms with Gasteiger partial charge in [-0.25, -0.2) is 8.42 Å². The topological polar surface area (TPSA) is 79.0 Å². The van der Waals surface area contributed by atoms with E-state index in [2.05, 4.69) is 19.2 Å². The average molecular weight is 394 g/mol. The van der Waals surface area contributed by atoms with Crippen molar-refractivity contribution in [3.05, 3.63) is 23.8 Å². The van der Waals surface area contributed by atoms with Crippen LogP contribution in [0.1, 0.15) is 38.2 Å². The maximum Gasteiger partial charge on any atom is 0.238 e. The molecule has 27 heavy (non-hydrogen) atoms. The Morgan fingerprint density at radius 2 is 2.00 bits per heavy atom. The first-order valence-corrected chi connectivity index (χ1v) is 11.1. The van der Waals surface area contributed by atoms with E-state index >= 15 is 0 Å². The number of piperazine rings is 1. The van der Waals surface area contributed by atoms with Gasteiger partial charge < -0.3 is 10.1 Å². The monoisotopic (exact) mass is 393 g/mol. The van der Waals surface area contributed by atoms with Gasteiger partial charge in [-0.2, -0.15) is 4.31 Å². The lowest BCUT2D eigenvalue weighted by Crippen LogP contribution is -2.58. The summed E-state index contributed by atoms with van der Waals surface area (Å²) >= 11 is 0. The van der Waals surface area contributed by atoms with Crippen molar-refractivity contribution >= 4 is 21.6 Å². The second-order valence-corrected chi connectivity index (χ2v) is 10.2. The number of ether oxygens (including phenoxy) is 1. The Hall–Kier alpha value is -1.64. The number of nitrogens with one attached hydrogen (secondary N) is 1. The molecule has 0 unspecified atom stereocenters. The molecule has 2 fully saturated rings. The lowest BCUT2D eigenvalue weighted by molar-refractivity contribution is -0.118. The van der Waals surface area contributed by atoms with Crippen LogP contribution in [0.2, 0.25) is 0 Å². The predicted octanol–water partition coefficient (Wildman–Crippen LogP) is 1.62. The zero-order valence-corrected chi connectivity index (χ0v) is 16.7. The Bertz CT molecular complexity index is 835. The molecular formula is C19H27N3O4S. The number of hydrogen-bond acceptors (Lipinski definition) is 5. The van der Waals surface area contributed by atoms with E-state index in [-0.39, 0.29) is 23.7 Å². The van der Waals surface area contributed by atoms with Crippen LogP contribution in [0.5, 0.6) is 5.75 Å². The van der Waals surface area contributed by atoms with Gasteiger partial charge in [-0.15, -0.1) is 0 Å². The van der Waals surface area contributed by atoms with E-state index in [1.54, 1.807) is 4.31 Å². The van der Waals surface area contributed by atoms with Crippen LogP contribution in [0.15, 0.2) is 18.2 Å². The van der Waals surface area contributed by atoms with Gasteiger partial charge in [0.1, 0.15) is 12.4 Å². The SMILES string of the molecule is CC(C)c1ccc2c(c1)NC(=O)CN1CCN(S(=O)(=O)C3CC3)C[C@H]1CO2. The second-order valence-electron chi connectivity index (χ2n) is 8.00. The fraction of sp³-hybridized carbons (Fsp3) is 0.632. The van der Waals surface area contributed by atoms with Crippen molar-refractivity contribution in [1.29, 1.82) is 0 Å². The van der Waals surface area contributed by atoms with E-state index in [9.17, 15) is 13.2 Å². The average Bonchev–Trinajstić information content (AvgIpc) is 3.46. The van der Waals surface area contributed by atoms with Crippen LogP contribution in [0, 0.1) is 0 Å². The number of anilines is 1. The van der Waals surface area contributed by atoms with Gasteiger partial charge in [-0.3, -0.25) is 9.69 Å². The first kappa shape index (κ1) is 18.7. The van der Waals surface area contributed by atoms with Crippen LogP contribution in [0.3, 0.4) is 0 Å². The standard InChI is InChI=1S/C19H27N3O4S/c1-13(2)14-3-6-18-17(9-14)20-19(23)11-21-7-8-22(10-15(21)12-26-18)27(24,25)16-4-5-16/h3,6,9,13,15-16H,4-5,7-8,10-12H2,1-2H3,(H,20,23)/t15-/m0/s1. The van der Waals surface area contributed by atoms with Crippen LogP contribution in [-0.4, -0.2) is 67.6 Å². The number of hydrogen-bond donors (Lipinski definition) is 1. The zero-order chi connectivity index (χ0) is 19.2. The van der Waals surface area contributed by atoms with Crippen molar-refractivity contribution < 1.29 is 17.9 Å². The summed E-state index contributed by atoms with van der Waals surface area (Å²) in [5.74, 6) is 0.898. The fourth-order valence-corrected chi connectivity index (χ4v) is 5.60. The van der Waals surface area contributed by atoms with Gasteiger partial charge in [0.25, 0.3) is 0 Å². The molecule has 4 rings (SSSR count). The minimum Gasteiger partial charge on any atom is -0.490 e. The number of amides is 1. The molecule has 1 amide bonds. The molecule has 0 aromatic heterocycles. The maximum absolute atomic E-state index is 12.6. The van der Waals surface area contributed by atoms with Crippen LogP contribution in [-0.2, 0) is 14.8 Å². The first-order chi connectivity index (χ1) is 12.8. The summed E-state index contributed by atoms with van der Waals surface area (Å²) in [5, 5.41) is 2.75. The van der Waals surface area contributed by atoms with Gasteiger partial charge in [0.05, 0.1) is 23.5 Å². The quantitative estimate of drug-likeness (QED) is 0.844. The van der Waals surface area contributed by atoms with Crippen molar-refractivity contribution in [3.63, 3.8) is 0 Å². The second kappa shape index (κ2) is 7.07. The summed E-state index contributed by atoms with van der Waals surface area (Å²) in [6.45, 7) is 6.18. The lowest BCUT2D eigenvalue weighted by atomic mass is 10.0. The Morgan fingerprint density at radius 3 is 2.70 bits per heavy atom. The summed E-state index contributed by atoms with van der Waals surface area (Å²) in [5.41, 5.74) is 1.82. The molecule has 1 aliphatic carbocycles. The Morgan fingerprint density at radius 1 is 1.22 bits per heavy atom. The van der Waals surface area contributed by atoms with Crippen molar-refractivity contribution in [1.82, 2.24) is 9.21 Å². The van der Waals surface area contributed by atoms with Gasteiger partial charge in [-0.1, -0.05) is 19.9 Å². The smallest absolute Gasteiger partial charge is 0.238 e. The highest BCUT2D eigenvalue weighted by molar-refractivity contribution is 7.90. The molecule has 2 aliphatic heterocycles. The highest BCUT2D eigenvalue weighted by atomic mass is 32.2. The molecule has 148 valence electrons. The summed E-state index contributed by atoms with van der Waals surface area (Å²) in [6, 6.07) is 5.73. The molecule has 1 aromatic carbocycles. The van der Waals surface area contributed by atoms with Gasteiger partial charge in [0.2, 0.25) is 15.9 Å². The number of sulfonamides is 1. The molecule has 1 saturated carbocycles. The van der Waals surface area contributed by atoms with Crippen LogP contribution in [0.25, 0.3) is 0 Å². The van der Waals surface area contributed by atoms with Crippen molar-refractivity contribution in [2.45, 2.75) is 43.9 Å². The van der Waals surface area contributed by atoms with Crippen LogP contribution in [0.4, 0.5) is 5.69 Å². The molecule has 7 nitrogen and oxygen atoms in total. The van der Waals surface area contributed by atoms with E-state index < -0.39 is 10.0 Å². The Balaban J connectivity index is 1.55. The summed E-state index contributed by atoms with van der Waals surface area (Å²) in [7, 11) is -3.21. The summed E-state index contributed by atoms with van der Waals surface area (Å²) in [6.07, 6.45) is 1.52. The van der Waals surface area contributed by atoms with Gasteiger partial charge in [0, 0.05) is 19.6 Å². The third-order valence-electron chi connectivity index (χ3n) is 5.60. The number of carbonyl (C=O) groups is 1. The molecule has 8 heteroatoms. The van der Waals surface area contributed by atoms with E-state index in [1.807, 2.05) is 23.1 Å². The largest absolute Gasteiger partial charge is 0.490 e. The maximum atomic E-state index is 12.6. The van der Waals surface area contributed by atoms with E-state index in [4.69, 9.17) is 4.74 Å². The fourth-order valence-electron chi connectivity index (χ4n) is 3.73. The number of benzene rings is 1. The molecule has 1 aromatic rings. The number of fused-ring (bicyclic) bond motifs is 2. The molecule has 2 heterocycles. The van der Waals surface area contributed by atoms with E-state index in [0.717, 1.165) is 18.4 Å². The molecule has 0 radical (unpaired) electrons. The molecule has 0 spiro atoms. The van der Waals surface area contributed by atoms with Crippen molar-refractivity contribution in [2.24, 2.45) is 0 Å². The van der Waals surface area contributed by atoms with Crippen LogP contribution < -0.4 is 10.1 Å². The Kier molecular flexibility index (Phi) is 4.90. The molecule has 1 saturated heterocycles. The molecular weight excluding hydrogens is 366 g/mol. The summed E-state index contributed by atoms with van der Waals surface area (Å²) in [4.78, 5) is 14.6. The third-order valence-corrected chi connectivity index (χ3v) is 7.96. The normalized spacial score (nSPS) is 24.9. The van der Waals surface area contributed by atoms with Gasteiger partial charge in [0.15, 0.2) is 0 Å².